The molecule has 1 aliphatic rings. The van der Waals surface area contributed by atoms with Crippen LogP contribution < -0.4 is 5.32 Å². The Morgan fingerprint density at radius 3 is 2.78 bits per heavy atom. The average molecular weight is 350 g/mol. The highest BCUT2D eigenvalue weighted by molar-refractivity contribution is 6.30. The maximum atomic E-state index is 12.4. The number of alkyl halides is 3. The highest BCUT2D eigenvalue weighted by Crippen LogP contribution is 2.23. The molecule has 1 N–H and O–H groups in total. The van der Waals surface area contributed by atoms with Crippen LogP contribution in [0.4, 0.5) is 23.7 Å². The van der Waals surface area contributed by atoms with E-state index in [-0.39, 0.29) is 13.0 Å². The van der Waals surface area contributed by atoms with E-state index in [0.29, 0.717) is 15.6 Å². The summed E-state index contributed by atoms with van der Waals surface area (Å²) in [7, 11) is 1.37. The van der Waals surface area contributed by atoms with Gasteiger partial charge in [0.25, 0.3) is 0 Å². The molecule has 1 aromatic rings. The lowest BCUT2D eigenvalue weighted by atomic mass is 10.2. The number of hydrogen-bond acceptors (Lipinski definition) is 2. The number of hydrogen-bond donors (Lipinski definition) is 1. The van der Waals surface area contributed by atoms with Crippen molar-refractivity contribution in [2.24, 2.45) is 0 Å². The van der Waals surface area contributed by atoms with E-state index in [0.717, 1.165) is 4.90 Å². The molecule has 126 valence electrons. The van der Waals surface area contributed by atoms with E-state index in [1.165, 1.54) is 13.1 Å². The van der Waals surface area contributed by atoms with Crippen LogP contribution in [0.3, 0.4) is 0 Å². The smallest absolute Gasteiger partial charge is 0.332 e. The van der Waals surface area contributed by atoms with Gasteiger partial charge in [0.15, 0.2) is 0 Å². The lowest BCUT2D eigenvalue weighted by Gasteiger charge is -2.24. The minimum atomic E-state index is -4.45. The predicted molar refractivity (Wildman–Crippen MR) is 79.3 cm³/mol. The third kappa shape index (κ3) is 4.51. The molecular weight excluding hydrogens is 335 g/mol. The number of halogens is 4. The molecule has 1 aromatic carbocycles. The van der Waals surface area contributed by atoms with Crippen LogP contribution in [0.2, 0.25) is 5.02 Å². The maximum absolute atomic E-state index is 12.4. The SMILES string of the molecule is CN(C(=O)Nc1cccc(Cl)c1)C1CCN(CC(F)(F)F)C1=O. The second-order valence-electron chi connectivity index (χ2n) is 5.23. The first-order chi connectivity index (χ1) is 10.7. The summed E-state index contributed by atoms with van der Waals surface area (Å²) in [5, 5.41) is 2.98. The molecule has 23 heavy (non-hydrogen) atoms. The number of urea groups is 1. The molecule has 9 heteroatoms. The summed E-state index contributed by atoms with van der Waals surface area (Å²) in [5.74, 6) is -0.703. The molecule has 1 unspecified atom stereocenters. The fourth-order valence-corrected chi connectivity index (χ4v) is 2.56. The van der Waals surface area contributed by atoms with Gasteiger partial charge in [-0.3, -0.25) is 4.79 Å². The quantitative estimate of drug-likeness (QED) is 0.912. The summed E-state index contributed by atoms with van der Waals surface area (Å²) < 4.78 is 37.2. The van der Waals surface area contributed by atoms with Crippen molar-refractivity contribution in [2.45, 2.75) is 18.6 Å². The minimum absolute atomic E-state index is 0.0300. The molecule has 5 nitrogen and oxygen atoms in total. The molecule has 0 radical (unpaired) electrons. The summed E-state index contributed by atoms with van der Waals surface area (Å²) in [6.07, 6.45) is -4.29. The van der Waals surface area contributed by atoms with Gasteiger partial charge in [0.05, 0.1) is 0 Å². The number of rotatable bonds is 3. The Morgan fingerprint density at radius 1 is 1.48 bits per heavy atom. The highest BCUT2D eigenvalue weighted by atomic mass is 35.5. The van der Waals surface area contributed by atoms with Crippen LogP contribution in [0.15, 0.2) is 24.3 Å². The van der Waals surface area contributed by atoms with Crippen molar-refractivity contribution < 1.29 is 22.8 Å². The van der Waals surface area contributed by atoms with Gasteiger partial charge in [0.2, 0.25) is 5.91 Å². The van der Waals surface area contributed by atoms with E-state index < -0.39 is 30.7 Å². The zero-order valence-corrected chi connectivity index (χ0v) is 13.0. The Balaban J connectivity index is 1.99. The summed E-state index contributed by atoms with van der Waals surface area (Å²) in [6.45, 7) is -1.33. The zero-order chi connectivity index (χ0) is 17.2. The number of nitrogens with zero attached hydrogens (tertiary/aromatic N) is 2. The molecule has 0 spiro atoms. The lowest BCUT2D eigenvalue weighted by Crippen LogP contribution is -2.46. The van der Waals surface area contributed by atoms with Crippen LogP contribution in [-0.2, 0) is 4.79 Å². The molecule has 0 aromatic heterocycles. The van der Waals surface area contributed by atoms with Crippen LogP contribution in [0, 0.1) is 0 Å². The number of anilines is 1. The molecule has 1 fully saturated rings. The van der Waals surface area contributed by atoms with E-state index in [2.05, 4.69) is 5.32 Å². The van der Waals surface area contributed by atoms with E-state index >= 15 is 0 Å². The van der Waals surface area contributed by atoms with Crippen LogP contribution in [0.1, 0.15) is 6.42 Å². The molecular formula is C14H15ClF3N3O2. The monoisotopic (exact) mass is 349 g/mol. The Morgan fingerprint density at radius 2 is 2.17 bits per heavy atom. The number of amides is 3. The fourth-order valence-electron chi connectivity index (χ4n) is 2.37. The molecule has 0 aliphatic carbocycles. The van der Waals surface area contributed by atoms with Crippen LogP contribution >= 0.6 is 11.6 Å². The molecule has 1 heterocycles. The topological polar surface area (TPSA) is 52.7 Å². The standard InChI is InChI=1S/C14H15ClF3N3O2/c1-20(13(23)19-10-4-2-3-9(15)7-10)11-5-6-21(12(11)22)8-14(16,17)18/h2-4,7,11H,5-6,8H2,1H3,(H,19,23). The number of likely N-dealkylation sites (tertiary alicyclic amines) is 1. The molecule has 1 aliphatic heterocycles. The number of carbonyl (C=O) groups is 2. The van der Waals surface area contributed by atoms with Crippen LogP contribution in [-0.4, -0.2) is 54.1 Å². The van der Waals surface area contributed by atoms with Gasteiger partial charge in [-0.05, 0) is 24.6 Å². The van der Waals surface area contributed by atoms with Crippen LogP contribution in [0.25, 0.3) is 0 Å². The van der Waals surface area contributed by atoms with Gasteiger partial charge in [-0.1, -0.05) is 17.7 Å². The van der Waals surface area contributed by atoms with Gasteiger partial charge >= 0.3 is 12.2 Å². The highest BCUT2D eigenvalue weighted by Gasteiger charge is 2.41. The van der Waals surface area contributed by atoms with Crippen LogP contribution in [0.5, 0.6) is 0 Å². The summed E-state index contributed by atoms with van der Waals surface area (Å²) in [4.78, 5) is 26.0. The Kier molecular flexibility index (Phi) is 5.03. The number of likely N-dealkylation sites (N-methyl/N-ethyl adjacent to an activating group) is 1. The first kappa shape index (κ1) is 17.4. The van der Waals surface area contributed by atoms with Crippen molar-refractivity contribution in [3.05, 3.63) is 29.3 Å². The summed E-state index contributed by atoms with van der Waals surface area (Å²) in [6, 6.07) is 4.93. The Hall–Kier alpha value is -1.96. The van der Waals surface area contributed by atoms with Gasteiger partial charge in [-0.25, -0.2) is 4.79 Å². The molecule has 0 saturated carbocycles. The maximum Gasteiger partial charge on any atom is 0.406 e. The van der Waals surface area contributed by atoms with Crippen molar-refractivity contribution in [2.75, 3.05) is 25.5 Å². The normalized spacial score (nSPS) is 18.2. The third-order valence-electron chi connectivity index (χ3n) is 3.50. The van der Waals surface area contributed by atoms with Gasteiger partial charge < -0.3 is 15.1 Å². The lowest BCUT2D eigenvalue weighted by molar-refractivity contribution is -0.158. The Labute approximate surface area is 136 Å². The summed E-state index contributed by atoms with van der Waals surface area (Å²) >= 11 is 5.81. The largest absolute Gasteiger partial charge is 0.406 e. The molecule has 2 rings (SSSR count). The number of nitrogens with one attached hydrogen (secondary N) is 1. The number of benzene rings is 1. The molecule has 3 amide bonds. The predicted octanol–water partition coefficient (Wildman–Crippen LogP) is 2.97. The van der Waals surface area contributed by atoms with Gasteiger partial charge in [0, 0.05) is 24.3 Å². The van der Waals surface area contributed by atoms with Crippen molar-refractivity contribution >= 4 is 29.2 Å². The van der Waals surface area contributed by atoms with Crippen molar-refractivity contribution in [3.8, 4) is 0 Å². The van der Waals surface area contributed by atoms with E-state index in [9.17, 15) is 22.8 Å². The summed E-state index contributed by atoms with van der Waals surface area (Å²) in [5.41, 5.74) is 0.437. The fraction of sp³-hybridized carbons (Fsp3) is 0.429. The van der Waals surface area contributed by atoms with E-state index in [1.54, 1.807) is 18.2 Å². The minimum Gasteiger partial charge on any atom is -0.332 e. The molecule has 1 saturated heterocycles. The Bertz CT molecular complexity index is 609. The van der Waals surface area contributed by atoms with Gasteiger partial charge in [-0.2, -0.15) is 13.2 Å². The molecule has 1 atom stereocenters. The third-order valence-corrected chi connectivity index (χ3v) is 3.74. The number of carbonyl (C=O) groups excluding carboxylic acids is 2. The molecule has 0 bridgehead atoms. The van der Waals surface area contributed by atoms with Gasteiger partial charge in [0.1, 0.15) is 12.6 Å². The van der Waals surface area contributed by atoms with Crippen molar-refractivity contribution in [3.63, 3.8) is 0 Å². The first-order valence-corrected chi connectivity index (χ1v) is 7.20. The van der Waals surface area contributed by atoms with Crippen molar-refractivity contribution in [1.82, 2.24) is 9.80 Å². The van der Waals surface area contributed by atoms with E-state index in [1.807, 2.05) is 0 Å². The van der Waals surface area contributed by atoms with Gasteiger partial charge in [-0.15, -0.1) is 0 Å². The van der Waals surface area contributed by atoms with Crippen molar-refractivity contribution in [1.29, 1.82) is 0 Å². The van der Waals surface area contributed by atoms with E-state index in [4.69, 9.17) is 11.6 Å². The average Bonchev–Trinajstić information content (AvgIpc) is 2.77. The zero-order valence-electron chi connectivity index (χ0n) is 12.2. The second-order valence-corrected chi connectivity index (χ2v) is 5.67. The second kappa shape index (κ2) is 6.66. The first-order valence-electron chi connectivity index (χ1n) is 6.82.